The molecular formula is C13H19NO3. The number of hydrogen-bond donors (Lipinski definition) is 2. The van der Waals surface area contributed by atoms with E-state index in [4.69, 9.17) is 9.84 Å². The van der Waals surface area contributed by atoms with Gasteiger partial charge in [0.1, 0.15) is 5.60 Å². The average molecular weight is 237 g/mol. The van der Waals surface area contributed by atoms with Crippen LogP contribution < -0.4 is 5.32 Å². The van der Waals surface area contributed by atoms with Crippen molar-refractivity contribution in [3.63, 3.8) is 0 Å². The van der Waals surface area contributed by atoms with Gasteiger partial charge < -0.3 is 9.84 Å². The van der Waals surface area contributed by atoms with Gasteiger partial charge in [0.25, 0.3) is 0 Å². The van der Waals surface area contributed by atoms with Gasteiger partial charge in [0, 0.05) is 5.69 Å². The number of aryl methyl sites for hydroxylation is 1. The lowest BCUT2D eigenvalue weighted by molar-refractivity contribution is 0.0636. The number of carbonyl (C=O) groups is 1. The van der Waals surface area contributed by atoms with Crippen molar-refractivity contribution in [3.05, 3.63) is 29.3 Å². The normalized spacial score (nSPS) is 11.1. The SMILES string of the molecule is Cc1cc(NC(=O)OC(C)(C)C)ccc1CO. The molecule has 1 aromatic carbocycles. The molecule has 0 aliphatic rings. The number of rotatable bonds is 2. The van der Waals surface area contributed by atoms with Crippen LogP contribution in [0.25, 0.3) is 0 Å². The Morgan fingerprint density at radius 2 is 2.06 bits per heavy atom. The van der Waals surface area contributed by atoms with Crippen LogP contribution in [0.4, 0.5) is 10.5 Å². The number of ether oxygens (including phenoxy) is 1. The van der Waals surface area contributed by atoms with Gasteiger partial charge in [0.2, 0.25) is 0 Å². The third-order valence-electron chi connectivity index (χ3n) is 2.16. The Labute approximate surface area is 102 Å². The summed E-state index contributed by atoms with van der Waals surface area (Å²) in [5, 5.41) is 11.7. The van der Waals surface area contributed by atoms with E-state index >= 15 is 0 Å². The molecule has 2 N–H and O–H groups in total. The molecule has 0 saturated carbocycles. The van der Waals surface area contributed by atoms with Crippen molar-refractivity contribution >= 4 is 11.8 Å². The fourth-order valence-electron chi connectivity index (χ4n) is 1.37. The first-order chi connectivity index (χ1) is 7.81. The summed E-state index contributed by atoms with van der Waals surface area (Å²) in [4.78, 5) is 11.5. The lowest BCUT2D eigenvalue weighted by Crippen LogP contribution is -2.27. The van der Waals surface area contributed by atoms with Gasteiger partial charge in [0.05, 0.1) is 6.61 Å². The van der Waals surface area contributed by atoms with Crippen LogP contribution in [-0.2, 0) is 11.3 Å². The van der Waals surface area contributed by atoms with E-state index in [2.05, 4.69) is 5.32 Å². The zero-order valence-corrected chi connectivity index (χ0v) is 10.7. The van der Waals surface area contributed by atoms with Crippen LogP contribution in [-0.4, -0.2) is 16.8 Å². The van der Waals surface area contributed by atoms with Crippen LogP contribution in [0.5, 0.6) is 0 Å². The molecule has 0 aliphatic carbocycles. The number of anilines is 1. The minimum Gasteiger partial charge on any atom is -0.444 e. The number of hydrogen-bond acceptors (Lipinski definition) is 3. The van der Waals surface area contributed by atoms with Crippen molar-refractivity contribution < 1.29 is 14.6 Å². The van der Waals surface area contributed by atoms with Gasteiger partial charge in [-0.05, 0) is 51.0 Å². The quantitative estimate of drug-likeness (QED) is 0.831. The second kappa shape index (κ2) is 5.19. The molecule has 1 aromatic rings. The summed E-state index contributed by atoms with van der Waals surface area (Å²) >= 11 is 0. The molecule has 0 fully saturated rings. The number of benzene rings is 1. The van der Waals surface area contributed by atoms with Gasteiger partial charge in [-0.1, -0.05) is 6.07 Å². The van der Waals surface area contributed by atoms with Crippen LogP contribution in [0.15, 0.2) is 18.2 Å². The highest BCUT2D eigenvalue weighted by Gasteiger charge is 2.16. The van der Waals surface area contributed by atoms with Gasteiger partial charge in [0.15, 0.2) is 0 Å². The van der Waals surface area contributed by atoms with Gasteiger partial charge in [-0.3, -0.25) is 5.32 Å². The Bertz CT molecular complexity index is 408. The van der Waals surface area contributed by atoms with Gasteiger partial charge in [-0.2, -0.15) is 0 Å². The maximum Gasteiger partial charge on any atom is 0.412 e. The third kappa shape index (κ3) is 4.44. The number of aliphatic hydroxyl groups is 1. The highest BCUT2D eigenvalue weighted by Crippen LogP contribution is 2.16. The monoisotopic (exact) mass is 237 g/mol. The Kier molecular flexibility index (Phi) is 4.12. The molecule has 0 spiro atoms. The fourth-order valence-corrected chi connectivity index (χ4v) is 1.37. The van der Waals surface area contributed by atoms with E-state index in [0.717, 1.165) is 11.1 Å². The largest absolute Gasteiger partial charge is 0.444 e. The van der Waals surface area contributed by atoms with Gasteiger partial charge in [-0.25, -0.2) is 4.79 Å². The maximum absolute atomic E-state index is 11.5. The summed E-state index contributed by atoms with van der Waals surface area (Å²) < 4.78 is 5.14. The smallest absolute Gasteiger partial charge is 0.412 e. The number of aliphatic hydroxyl groups excluding tert-OH is 1. The van der Waals surface area contributed by atoms with Gasteiger partial charge >= 0.3 is 6.09 Å². The number of nitrogens with one attached hydrogen (secondary N) is 1. The molecule has 94 valence electrons. The van der Waals surface area contributed by atoms with Crippen LogP contribution >= 0.6 is 0 Å². The summed E-state index contributed by atoms with van der Waals surface area (Å²) in [7, 11) is 0. The first-order valence-electron chi connectivity index (χ1n) is 5.52. The van der Waals surface area contributed by atoms with Gasteiger partial charge in [-0.15, -0.1) is 0 Å². The molecule has 1 amide bonds. The van der Waals surface area contributed by atoms with Crippen LogP contribution in [0.1, 0.15) is 31.9 Å². The molecule has 17 heavy (non-hydrogen) atoms. The molecule has 0 bridgehead atoms. The minimum atomic E-state index is -0.510. The molecule has 0 saturated heterocycles. The van der Waals surface area contributed by atoms with E-state index in [0.29, 0.717) is 5.69 Å². The summed E-state index contributed by atoms with van der Waals surface area (Å²) in [5.41, 5.74) is 1.93. The topological polar surface area (TPSA) is 58.6 Å². The molecule has 0 heterocycles. The summed E-state index contributed by atoms with van der Waals surface area (Å²) in [6, 6.07) is 5.32. The molecule has 0 aromatic heterocycles. The third-order valence-corrected chi connectivity index (χ3v) is 2.16. The Balaban J connectivity index is 2.69. The molecule has 0 radical (unpaired) electrons. The average Bonchev–Trinajstić information content (AvgIpc) is 2.14. The van der Waals surface area contributed by atoms with Crippen molar-refractivity contribution in [1.29, 1.82) is 0 Å². The maximum atomic E-state index is 11.5. The zero-order chi connectivity index (χ0) is 13.1. The zero-order valence-electron chi connectivity index (χ0n) is 10.7. The highest BCUT2D eigenvalue weighted by atomic mass is 16.6. The molecule has 4 nitrogen and oxygen atoms in total. The minimum absolute atomic E-state index is 0.00144. The molecule has 1 rings (SSSR count). The van der Waals surface area contributed by atoms with Crippen molar-refractivity contribution in [2.75, 3.05) is 5.32 Å². The first-order valence-corrected chi connectivity index (χ1v) is 5.52. The Hall–Kier alpha value is -1.55. The number of carbonyl (C=O) groups excluding carboxylic acids is 1. The predicted octanol–water partition coefficient (Wildman–Crippen LogP) is 2.83. The van der Waals surface area contributed by atoms with E-state index in [9.17, 15) is 4.79 Å². The Morgan fingerprint density at radius 3 is 2.53 bits per heavy atom. The summed E-state index contributed by atoms with van der Waals surface area (Å²) in [6.07, 6.45) is -0.478. The second-order valence-electron chi connectivity index (χ2n) is 4.93. The van der Waals surface area contributed by atoms with Crippen LogP contribution in [0, 0.1) is 6.92 Å². The van der Waals surface area contributed by atoms with Crippen molar-refractivity contribution in [2.24, 2.45) is 0 Å². The van der Waals surface area contributed by atoms with Crippen molar-refractivity contribution in [1.82, 2.24) is 0 Å². The number of amides is 1. The van der Waals surface area contributed by atoms with Crippen molar-refractivity contribution in [2.45, 2.75) is 39.9 Å². The first kappa shape index (κ1) is 13.5. The van der Waals surface area contributed by atoms with E-state index < -0.39 is 11.7 Å². The van der Waals surface area contributed by atoms with Crippen LogP contribution in [0.2, 0.25) is 0 Å². The second-order valence-corrected chi connectivity index (χ2v) is 4.93. The molecule has 0 aliphatic heterocycles. The molecular weight excluding hydrogens is 218 g/mol. The lowest BCUT2D eigenvalue weighted by atomic mass is 10.1. The van der Waals surface area contributed by atoms with E-state index in [1.807, 2.05) is 27.7 Å². The Morgan fingerprint density at radius 1 is 1.41 bits per heavy atom. The summed E-state index contributed by atoms with van der Waals surface area (Å²) in [6.45, 7) is 7.32. The molecule has 0 atom stereocenters. The van der Waals surface area contributed by atoms with Crippen LogP contribution in [0.3, 0.4) is 0 Å². The van der Waals surface area contributed by atoms with Crippen molar-refractivity contribution in [3.8, 4) is 0 Å². The molecule has 4 heteroatoms. The lowest BCUT2D eigenvalue weighted by Gasteiger charge is -2.19. The standard InChI is InChI=1S/C13H19NO3/c1-9-7-11(6-5-10(9)8-15)14-12(16)17-13(2,3)4/h5-7,15H,8H2,1-4H3,(H,14,16). The van der Waals surface area contributed by atoms with E-state index in [-0.39, 0.29) is 6.61 Å². The highest BCUT2D eigenvalue weighted by molar-refractivity contribution is 5.85. The summed E-state index contributed by atoms with van der Waals surface area (Å²) in [5.74, 6) is 0. The fraction of sp³-hybridized carbons (Fsp3) is 0.462. The predicted molar refractivity (Wildman–Crippen MR) is 67.0 cm³/mol. The molecule has 0 unspecified atom stereocenters. The van der Waals surface area contributed by atoms with E-state index in [1.54, 1.807) is 18.2 Å². The van der Waals surface area contributed by atoms with E-state index in [1.165, 1.54) is 0 Å².